The van der Waals surface area contributed by atoms with Gasteiger partial charge in [-0.3, -0.25) is 0 Å². The first-order valence-corrected chi connectivity index (χ1v) is 9.51. The average molecular weight is 366 g/mol. The van der Waals surface area contributed by atoms with Gasteiger partial charge in [0.25, 0.3) is 0 Å². The molecule has 0 atom stereocenters. The van der Waals surface area contributed by atoms with E-state index in [1.807, 2.05) is 18.2 Å². The topological polar surface area (TPSA) is 57.4 Å². The number of H-pyrrole nitrogens is 2. The molecule has 4 heteroatoms. The highest BCUT2D eigenvalue weighted by molar-refractivity contribution is 5.78. The van der Waals surface area contributed by atoms with E-state index in [1.54, 1.807) is 0 Å². The van der Waals surface area contributed by atoms with Crippen LogP contribution in [0.3, 0.4) is 0 Å². The summed E-state index contributed by atoms with van der Waals surface area (Å²) in [7, 11) is 0. The third kappa shape index (κ3) is 3.18. The highest BCUT2D eigenvalue weighted by Crippen LogP contribution is 2.29. The Morgan fingerprint density at radius 1 is 0.607 bits per heavy atom. The van der Waals surface area contributed by atoms with Crippen LogP contribution < -0.4 is 0 Å². The molecular weight excluding hydrogens is 344 g/mol. The van der Waals surface area contributed by atoms with Gasteiger partial charge in [0.05, 0.1) is 22.8 Å². The van der Waals surface area contributed by atoms with Crippen LogP contribution in [0.4, 0.5) is 0 Å². The van der Waals surface area contributed by atoms with E-state index >= 15 is 0 Å². The van der Waals surface area contributed by atoms with Crippen LogP contribution in [0.25, 0.3) is 46.4 Å². The summed E-state index contributed by atoms with van der Waals surface area (Å²) < 4.78 is 0. The molecule has 3 aromatic rings. The van der Waals surface area contributed by atoms with E-state index in [2.05, 4.69) is 79.3 Å². The maximum Gasteiger partial charge on any atom is 0.0658 e. The lowest BCUT2D eigenvalue weighted by Crippen LogP contribution is -2.09. The van der Waals surface area contributed by atoms with Gasteiger partial charge in [-0.05, 0) is 77.7 Å². The number of fused-ring (bicyclic) bond motifs is 8. The molecule has 8 bridgehead atoms. The van der Waals surface area contributed by atoms with Crippen LogP contribution >= 0.6 is 0 Å². The summed E-state index contributed by atoms with van der Waals surface area (Å²) in [4.78, 5) is 16.4. The van der Waals surface area contributed by atoms with E-state index < -0.39 is 0 Å². The standard InChI is InChI=1S/C24H22N4/c1-24(2,3)22-13-21-12-19-7-6-17(26-19)10-15-4-5-16(25-15)11-18-8-9-20(27-18)14-23(22)28-21/h4-14,25,28H,1-3H3. The molecule has 0 amide bonds. The second-order valence-electron chi connectivity index (χ2n) is 8.34. The maximum atomic E-state index is 4.76. The van der Waals surface area contributed by atoms with Crippen molar-refractivity contribution in [3.63, 3.8) is 0 Å². The molecule has 4 nitrogen and oxygen atoms in total. The van der Waals surface area contributed by atoms with Crippen molar-refractivity contribution < 1.29 is 0 Å². The molecule has 0 saturated heterocycles. The fourth-order valence-electron chi connectivity index (χ4n) is 3.64. The quantitative estimate of drug-likeness (QED) is 0.356. The van der Waals surface area contributed by atoms with E-state index in [1.165, 1.54) is 5.56 Å². The van der Waals surface area contributed by atoms with Gasteiger partial charge in [0.15, 0.2) is 0 Å². The number of nitrogens with one attached hydrogen (secondary N) is 2. The lowest BCUT2D eigenvalue weighted by molar-refractivity contribution is 0.597. The zero-order valence-electron chi connectivity index (χ0n) is 16.2. The normalized spacial score (nSPS) is 13.2. The van der Waals surface area contributed by atoms with Crippen molar-refractivity contribution in [2.24, 2.45) is 0 Å². The van der Waals surface area contributed by atoms with Crippen molar-refractivity contribution in [2.75, 3.05) is 0 Å². The Bertz CT molecular complexity index is 1290. The summed E-state index contributed by atoms with van der Waals surface area (Å²) >= 11 is 0. The lowest BCUT2D eigenvalue weighted by atomic mass is 9.87. The van der Waals surface area contributed by atoms with Gasteiger partial charge in [-0.25, -0.2) is 9.97 Å². The maximum absolute atomic E-state index is 4.76. The summed E-state index contributed by atoms with van der Waals surface area (Å²) in [6.07, 6.45) is 8.19. The van der Waals surface area contributed by atoms with Crippen LogP contribution in [0, 0.1) is 0 Å². The van der Waals surface area contributed by atoms with Crippen LogP contribution in [-0.2, 0) is 5.41 Å². The molecule has 138 valence electrons. The molecule has 2 aliphatic heterocycles. The Labute approximate surface area is 163 Å². The molecule has 5 rings (SSSR count). The molecule has 28 heavy (non-hydrogen) atoms. The van der Waals surface area contributed by atoms with Gasteiger partial charge in [-0.15, -0.1) is 0 Å². The predicted octanol–water partition coefficient (Wildman–Crippen LogP) is 5.95. The van der Waals surface area contributed by atoms with Gasteiger partial charge >= 0.3 is 0 Å². The zero-order valence-corrected chi connectivity index (χ0v) is 16.2. The number of nitrogens with zero attached hydrogens (tertiary/aromatic N) is 2. The first-order chi connectivity index (χ1) is 13.4. The Morgan fingerprint density at radius 3 is 1.64 bits per heavy atom. The predicted molar refractivity (Wildman–Crippen MR) is 118 cm³/mol. The van der Waals surface area contributed by atoms with Crippen molar-refractivity contribution in [1.82, 2.24) is 19.9 Å². The second-order valence-corrected chi connectivity index (χ2v) is 8.34. The fraction of sp³-hybridized carbons (Fsp3) is 0.167. The van der Waals surface area contributed by atoms with Crippen LogP contribution in [0.1, 0.15) is 49.1 Å². The largest absolute Gasteiger partial charge is 0.355 e. The van der Waals surface area contributed by atoms with Crippen LogP contribution in [0.2, 0.25) is 0 Å². The molecule has 0 aromatic carbocycles. The number of hydrogen-bond donors (Lipinski definition) is 2. The summed E-state index contributed by atoms with van der Waals surface area (Å²) in [5.74, 6) is 0. The smallest absolute Gasteiger partial charge is 0.0658 e. The number of hydrogen-bond acceptors (Lipinski definition) is 2. The molecule has 0 radical (unpaired) electrons. The highest BCUT2D eigenvalue weighted by Gasteiger charge is 2.17. The number of aromatic amines is 2. The zero-order chi connectivity index (χ0) is 19.3. The molecular formula is C24H22N4. The second kappa shape index (κ2) is 6.06. The van der Waals surface area contributed by atoms with Crippen molar-refractivity contribution in [1.29, 1.82) is 0 Å². The summed E-state index contributed by atoms with van der Waals surface area (Å²) in [6.45, 7) is 6.69. The van der Waals surface area contributed by atoms with Crippen LogP contribution in [0.15, 0.2) is 42.5 Å². The lowest BCUT2D eigenvalue weighted by Gasteiger charge is -2.16. The molecule has 0 aliphatic carbocycles. The molecule has 5 heterocycles. The monoisotopic (exact) mass is 366 g/mol. The van der Waals surface area contributed by atoms with Crippen molar-refractivity contribution in [3.05, 3.63) is 70.8 Å². The summed E-state index contributed by atoms with van der Waals surface area (Å²) in [5, 5.41) is 0. The van der Waals surface area contributed by atoms with Crippen LogP contribution in [-0.4, -0.2) is 19.9 Å². The Kier molecular flexibility index (Phi) is 3.63. The SMILES string of the molecule is CC(C)(C)c1cc2cc3nc(cc4ccc(cc5nc(cc1[nH]2)C=C5)[nH]4)C=C3. The van der Waals surface area contributed by atoms with E-state index in [4.69, 9.17) is 9.97 Å². The first-order valence-electron chi connectivity index (χ1n) is 9.51. The minimum Gasteiger partial charge on any atom is -0.355 e. The van der Waals surface area contributed by atoms with Gasteiger partial charge in [0, 0.05) is 22.1 Å². The van der Waals surface area contributed by atoms with Gasteiger partial charge in [0.1, 0.15) is 0 Å². The van der Waals surface area contributed by atoms with Crippen molar-refractivity contribution in [3.8, 4) is 0 Å². The molecule has 0 unspecified atom stereocenters. The van der Waals surface area contributed by atoms with Gasteiger partial charge in [-0.1, -0.05) is 20.8 Å². The fourth-order valence-corrected chi connectivity index (χ4v) is 3.64. The third-order valence-corrected chi connectivity index (χ3v) is 4.98. The first kappa shape index (κ1) is 16.8. The Morgan fingerprint density at radius 2 is 1.11 bits per heavy atom. The molecule has 2 N–H and O–H groups in total. The van der Waals surface area contributed by atoms with Gasteiger partial charge in [0.2, 0.25) is 0 Å². The Hall–Kier alpha value is -3.40. The van der Waals surface area contributed by atoms with E-state index in [9.17, 15) is 0 Å². The third-order valence-electron chi connectivity index (χ3n) is 4.98. The molecule has 2 aliphatic rings. The number of rotatable bonds is 0. The van der Waals surface area contributed by atoms with Crippen molar-refractivity contribution in [2.45, 2.75) is 26.2 Å². The highest BCUT2D eigenvalue weighted by atomic mass is 14.8. The minimum absolute atomic E-state index is 0.0254. The molecule has 3 aromatic heterocycles. The van der Waals surface area contributed by atoms with Gasteiger partial charge < -0.3 is 9.97 Å². The Balaban J connectivity index is 1.87. The molecule has 0 spiro atoms. The molecule has 0 fully saturated rings. The average Bonchev–Trinajstić information content (AvgIpc) is 3.38. The van der Waals surface area contributed by atoms with Crippen molar-refractivity contribution >= 4 is 46.4 Å². The summed E-state index contributed by atoms with van der Waals surface area (Å²) in [6, 6.07) is 14.7. The molecule has 0 saturated carbocycles. The van der Waals surface area contributed by atoms with E-state index in [0.29, 0.717) is 0 Å². The van der Waals surface area contributed by atoms with E-state index in [0.717, 1.165) is 44.8 Å². The summed E-state index contributed by atoms with van der Waals surface area (Å²) in [5.41, 5.74) is 9.26. The van der Waals surface area contributed by atoms with E-state index in [-0.39, 0.29) is 5.41 Å². The van der Waals surface area contributed by atoms with Crippen LogP contribution in [0.5, 0.6) is 0 Å². The number of aromatic nitrogens is 4. The minimum atomic E-state index is 0.0254. The van der Waals surface area contributed by atoms with Gasteiger partial charge in [-0.2, -0.15) is 0 Å².